The van der Waals surface area contributed by atoms with Crippen LogP contribution in [0, 0.1) is 5.92 Å². The maximum Gasteiger partial charge on any atom is 0.334 e. The fourth-order valence-electron chi connectivity index (χ4n) is 3.37. The molecule has 0 aliphatic carbocycles. The van der Waals surface area contributed by atoms with E-state index in [-0.39, 0.29) is 11.9 Å². The van der Waals surface area contributed by atoms with Crippen molar-refractivity contribution in [2.24, 2.45) is 5.92 Å². The second-order valence-electron chi connectivity index (χ2n) is 7.73. The standard InChI is InChI=1S/C25H42O6/c1-5-6-7-8-9-11-14-17-21(22(25(28)31-4)20-24(27)30-3)18-15-12-10-13-16-19-23(26)29-2/h14,17,20-21H,5-13,15-16,18-19H2,1-4H3/b17-14+,22-20-. The lowest BCUT2D eigenvalue weighted by Gasteiger charge is -2.15. The molecule has 1 unspecified atom stereocenters. The zero-order valence-electron chi connectivity index (χ0n) is 20.0. The Kier molecular flexibility index (Phi) is 18.5. The molecule has 6 heteroatoms. The van der Waals surface area contributed by atoms with Crippen LogP contribution in [0.2, 0.25) is 0 Å². The molecule has 0 amide bonds. The Bertz CT molecular complexity index is 564. The first kappa shape index (κ1) is 28.9. The van der Waals surface area contributed by atoms with Crippen molar-refractivity contribution in [3.8, 4) is 0 Å². The number of hydrogen-bond donors (Lipinski definition) is 0. The van der Waals surface area contributed by atoms with E-state index in [0.29, 0.717) is 12.0 Å². The van der Waals surface area contributed by atoms with Crippen LogP contribution < -0.4 is 0 Å². The van der Waals surface area contributed by atoms with Crippen molar-refractivity contribution in [1.29, 1.82) is 0 Å². The van der Waals surface area contributed by atoms with Crippen LogP contribution in [0.1, 0.15) is 90.4 Å². The summed E-state index contributed by atoms with van der Waals surface area (Å²) in [6.45, 7) is 2.20. The molecule has 0 aliphatic heterocycles. The van der Waals surface area contributed by atoms with Crippen molar-refractivity contribution in [2.45, 2.75) is 90.4 Å². The number of allylic oxidation sites excluding steroid dienone is 2. The second kappa shape index (κ2) is 19.8. The summed E-state index contributed by atoms with van der Waals surface area (Å²) in [6.07, 6.45) is 18.3. The van der Waals surface area contributed by atoms with E-state index in [1.807, 2.05) is 6.08 Å². The summed E-state index contributed by atoms with van der Waals surface area (Å²) in [5, 5.41) is 0. The molecule has 6 nitrogen and oxygen atoms in total. The molecular formula is C25H42O6. The van der Waals surface area contributed by atoms with Crippen LogP contribution in [0.15, 0.2) is 23.8 Å². The molecular weight excluding hydrogens is 396 g/mol. The average Bonchev–Trinajstić information content (AvgIpc) is 2.79. The van der Waals surface area contributed by atoms with Gasteiger partial charge in [-0.05, 0) is 25.7 Å². The minimum Gasteiger partial charge on any atom is -0.469 e. The molecule has 0 aromatic heterocycles. The van der Waals surface area contributed by atoms with Crippen molar-refractivity contribution in [2.75, 3.05) is 21.3 Å². The lowest BCUT2D eigenvalue weighted by Crippen LogP contribution is -2.16. The Morgan fingerprint density at radius 3 is 2.06 bits per heavy atom. The van der Waals surface area contributed by atoms with Crippen LogP contribution in [0.25, 0.3) is 0 Å². The van der Waals surface area contributed by atoms with Crippen LogP contribution in [0.4, 0.5) is 0 Å². The van der Waals surface area contributed by atoms with Gasteiger partial charge in [0, 0.05) is 18.4 Å². The van der Waals surface area contributed by atoms with Gasteiger partial charge in [-0.3, -0.25) is 4.79 Å². The van der Waals surface area contributed by atoms with E-state index in [4.69, 9.17) is 9.47 Å². The first-order valence-corrected chi connectivity index (χ1v) is 11.6. The first-order valence-electron chi connectivity index (χ1n) is 11.6. The van der Waals surface area contributed by atoms with Gasteiger partial charge in [0.25, 0.3) is 0 Å². The summed E-state index contributed by atoms with van der Waals surface area (Å²) >= 11 is 0. The molecule has 0 saturated carbocycles. The van der Waals surface area contributed by atoms with Gasteiger partial charge < -0.3 is 14.2 Å². The number of carbonyl (C=O) groups excluding carboxylic acids is 3. The molecule has 0 heterocycles. The van der Waals surface area contributed by atoms with Gasteiger partial charge in [0.1, 0.15) is 0 Å². The monoisotopic (exact) mass is 438 g/mol. The van der Waals surface area contributed by atoms with Crippen LogP contribution in [-0.2, 0) is 28.6 Å². The molecule has 178 valence electrons. The fraction of sp³-hybridized carbons (Fsp3) is 0.720. The molecule has 0 spiro atoms. The third-order valence-corrected chi connectivity index (χ3v) is 5.26. The van der Waals surface area contributed by atoms with E-state index < -0.39 is 11.9 Å². The van der Waals surface area contributed by atoms with Gasteiger partial charge in [0.15, 0.2) is 0 Å². The highest BCUT2D eigenvalue weighted by Crippen LogP contribution is 2.23. The normalized spacial score (nSPS) is 12.6. The maximum atomic E-state index is 12.3. The Morgan fingerprint density at radius 2 is 1.42 bits per heavy atom. The molecule has 0 saturated heterocycles. The first-order chi connectivity index (χ1) is 15.0. The molecule has 0 radical (unpaired) electrons. The predicted molar refractivity (Wildman–Crippen MR) is 122 cm³/mol. The highest BCUT2D eigenvalue weighted by atomic mass is 16.5. The van der Waals surface area contributed by atoms with Crippen molar-refractivity contribution in [3.05, 3.63) is 23.8 Å². The van der Waals surface area contributed by atoms with Crippen LogP contribution in [0.3, 0.4) is 0 Å². The van der Waals surface area contributed by atoms with Crippen LogP contribution in [-0.4, -0.2) is 39.2 Å². The highest BCUT2D eigenvalue weighted by Gasteiger charge is 2.21. The number of methoxy groups -OCH3 is 3. The molecule has 0 rings (SSSR count). The topological polar surface area (TPSA) is 78.9 Å². The number of hydrogen-bond acceptors (Lipinski definition) is 6. The Hall–Kier alpha value is -2.11. The van der Waals surface area contributed by atoms with Crippen molar-refractivity contribution < 1.29 is 28.6 Å². The quantitative estimate of drug-likeness (QED) is 0.0898. The molecule has 0 aromatic carbocycles. The van der Waals surface area contributed by atoms with Crippen molar-refractivity contribution >= 4 is 17.9 Å². The van der Waals surface area contributed by atoms with Crippen molar-refractivity contribution in [1.82, 2.24) is 0 Å². The summed E-state index contributed by atoms with van der Waals surface area (Å²) in [4.78, 5) is 35.2. The summed E-state index contributed by atoms with van der Waals surface area (Å²) in [5.74, 6) is -1.41. The summed E-state index contributed by atoms with van der Waals surface area (Å²) in [5.41, 5.74) is 0.335. The van der Waals surface area contributed by atoms with Gasteiger partial charge in [-0.2, -0.15) is 0 Å². The number of esters is 3. The largest absolute Gasteiger partial charge is 0.469 e. The molecule has 0 aliphatic rings. The summed E-state index contributed by atoms with van der Waals surface area (Å²) in [7, 11) is 4.02. The Labute approximate surface area is 188 Å². The molecule has 0 bridgehead atoms. The molecule has 0 aromatic rings. The van der Waals surface area contributed by atoms with Crippen molar-refractivity contribution in [3.63, 3.8) is 0 Å². The molecule has 31 heavy (non-hydrogen) atoms. The van der Waals surface area contributed by atoms with E-state index >= 15 is 0 Å². The van der Waals surface area contributed by atoms with Gasteiger partial charge in [0.2, 0.25) is 0 Å². The van der Waals surface area contributed by atoms with Gasteiger partial charge >= 0.3 is 17.9 Å². The highest BCUT2D eigenvalue weighted by molar-refractivity contribution is 5.97. The zero-order valence-corrected chi connectivity index (χ0v) is 20.0. The number of carbonyl (C=O) groups is 3. The zero-order chi connectivity index (χ0) is 23.3. The summed E-state index contributed by atoms with van der Waals surface area (Å²) in [6, 6.07) is 0. The smallest absolute Gasteiger partial charge is 0.334 e. The third-order valence-electron chi connectivity index (χ3n) is 5.26. The summed E-state index contributed by atoms with van der Waals surface area (Å²) < 4.78 is 14.3. The minimum atomic E-state index is -0.554. The molecule has 0 fully saturated rings. The number of ether oxygens (including phenoxy) is 3. The lowest BCUT2D eigenvalue weighted by molar-refractivity contribution is -0.140. The lowest BCUT2D eigenvalue weighted by atomic mass is 9.91. The molecule has 1 atom stereocenters. The SMILES string of the molecule is CCCCCCC/C=C/C(CCCCCCCC(=O)OC)/C(=C/C(=O)OC)C(=O)OC. The van der Waals surface area contributed by atoms with E-state index in [2.05, 4.69) is 17.7 Å². The van der Waals surface area contributed by atoms with E-state index in [0.717, 1.165) is 51.4 Å². The van der Waals surface area contributed by atoms with Gasteiger partial charge in [-0.15, -0.1) is 0 Å². The van der Waals surface area contributed by atoms with E-state index in [1.165, 1.54) is 53.1 Å². The number of rotatable bonds is 18. The second-order valence-corrected chi connectivity index (χ2v) is 7.73. The van der Waals surface area contributed by atoms with Crippen LogP contribution in [0.5, 0.6) is 0 Å². The Morgan fingerprint density at radius 1 is 0.774 bits per heavy atom. The maximum absolute atomic E-state index is 12.3. The number of unbranched alkanes of at least 4 members (excludes halogenated alkanes) is 9. The Balaban J connectivity index is 4.81. The molecule has 0 N–H and O–H groups in total. The van der Waals surface area contributed by atoms with E-state index in [1.54, 1.807) is 0 Å². The van der Waals surface area contributed by atoms with Crippen LogP contribution >= 0.6 is 0 Å². The van der Waals surface area contributed by atoms with Gasteiger partial charge in [-0.25, -0.2) is 9.59 Å². The average molecular weight is 439 g/mol. The fourth-order valence-corrected chi connectivity index (χ4v) is 3.37. The van der Waals surface area contributed by atoms with E-state index in [9.17, 15) is 14.4 Å². The predicted octanol–water partition coefficient (Wildman–Crippen LogP) is 5.70. The minimum absolute atomic E-state index is 0.171. The van der Waals surface area contributed by atoms with Gasteiger partial charge in [-0.1, -0.05) is 70.4 Å². The third kappa shape index (κ3) is 15.4. The van der Waals surface area contributed by atoms with Gasteiger partial charge in [0.05, 0.1) is 26.9 Å².